The molecule has 0 bridgehead atoms. The SMILES string of the molecule is CNC(=O)C1CCCN(CC(C#N)(NC(C)C)C2CC2)C1. The van der Waals surface area contributed by atoms with Crippen molar-refractivity contribution in [2.24, 2.45) is 11.8 Å². The number of hydrogen-bond acceptors (Lipinski definition) is 4. The fraction of sp³-hybridized carbons (Fsp3) is 0.875. The van der Waals surface area contributed by atoms with Gasteiger partial charge in [0.25, 0.3) is 0 Å². The molecule has 5 nitrogen and oxygen atoms in total. The van der Waals surface area contributed by atoms with Gasteiger partial charge in [0, 0.05) is 26.2 Å². The van der Waals surface area contributed by atoms with Gasteiger partial charge >= 0.3 is 0 Å². The normalized spacial score (nSPS) is 26.1. The number of carbonyl (C=O) groups excluding carboxylic acids is 1. The summed E-state index contributed by atoms with van der Waals surface area (Å²) in [4.78, 5) is 14.2. The number of amides is 1. The van der Waals surface area contributed by atoms with Crippen LogP contribution in [0.15, 0.2) is 0 Å². The number of piperidine rings is 1. The highest BCUT2D eigenvalue weighted by Crippen LogP contribution is 2.40. The maximum atomic E-state index is 11.9. The highest BCUT2D eigenvalue weighted by atomic mass is 16.1. The Morgan fingerprint density at radius 1 is 1.43 bits per heavy atom. The Morgan fingerprint density at radius 2 is 2.14 bits per heavy atom. The minimum atomic E-state index is -0.446. The molecule has 1 saturated carbocycles. The van der Waals surface area contributed by atoms with E-state index < -0.39 is 5.54 Å². The predicted octanol–water partition coefficient (Wildman–Crippen LogP) is 1.11. The molecule has 1 amide bonds. The first kappa shape index (κ1) is 16.3. The molecule has 2 unspecified atom stereocenters. The molecule has 1 saturated heterocycles. The van der Waals surface area contributed by atoms with E-state index in [-0.39, 0.29) is 11.8 Å². The van der Waals surface area contributed by atoms with E-state index in [4.69, 9.17) is 0 Å². The maximum Gasteiger partial charge on any atom is 0.224 e. The van der Waals surface area contributed by atoms with Crippen LogP contribution >= 0.6 is 0 Å². The Bertz CT molecular complexity index is 413. The predicted molar refractivity (Wildman–Crippen MR) is 82.6 cm³/mol. The molecule has 2 N–H and O–H groups in total. The van der Waals surface area contributed by atoms with Crippen LogP contribution in [0.1, 0.15) is 39.5 Å². The van der Waals surface area contributed by atoms with E-state index in [1.165, 1.54) is 0 Å². The molecule has 2 fully saturated rings. The molecule has 2 atom stereocenters. The second-order valence-corrected chi connectivity index (χ2v) is 6.84. The molecule has 0 aromatic rings. The summed E-state index contributed by atoms with van der Waals surface area (Å²) in [7, 11) is 1.70. The summed E-state index contributed by atoms with van der Waals surface area (Å²) in [5.41, 5.74) is -0.446. The summed E-state index contributed by atoms with van der Waals surface area (Å²) >= 11 is 0. The van der Waals surface area contributed by atoms with Gasteiger partial charge in [-0.3, -0.25) is 15.0 Å². The summed E-state index contributed by atoms with van der Waals surface area (Å²) in [6, 6.07) is 2.86. The minimum absolute atomic E-state index is 0.0680. The zero-order chi connectivity index (χ0) is 15.5. The highest BCUT2D eigenvalue weighted by molar-refractivity contribution is 5.78. The molecule has 2 rings (SSSR count). The number of hydrogen-bond donors (Lipinski definition) is 2. The van der Waals surface area contributed by atoms with Crippen LogP contribution in [-0.2, 0) is 4.79 Å². The monoisotopic (exact) mass is 292 g/mol. The average molecular weight is 292 g/mol. The average Bonchev–Trinajstić information content (AvgIpc) is 3.30. The van der Waals surface area contributed by atoms with Gasteiger partial charge in [-0.25, -0.2) is 0 Å². The molecule has 0 radical (unpaired) electrons. The molecule has 1 heterocycles. The fourth-order valence-corrected chi connectivity index (χ4v) is 3.51. The van der Waals surface area contributed by atoms with Gasteiger partial charge in [0.2, 0.25) is 5.91 Å². The van der Waals surface area contributed by atoms with E-state index in [1.54, 1.807) is 7.05 Å². The molecule has 118 valence electrons. The summed E-state index contributed by atoms with van der Waals surface area (Å²) in [5.74, 6) is 0.661. The molecule has 5 heteroatoms. The molecule has 2 aliphatic rings. The van der Waals surface area contributed by atoms with Gasteiger partial charge in [-0.05, 0) is 52.0 Å². The summed E-state index contributed by atoms with van der Waals surface area (Å²) in [6.45, 7) is 6.69. The molecule has 1 aliphatic heterocycles. The molecule has 21 heavy (non-hydrogen) atoms. The van der Waals surface area contributed by atoms with Gasteiger partial charge in [0.15, 0.2) is 0 Å². The van der Waals surface area contributed by atoms with Crippen molar-refractivity contribution in [3.8, 4) is 6.07 Å². The Hall–Kier alpha value is -1.12. The van der Waals surface area contributed by atoms with E-state index in [0.717, 1.165) is 45.3 Å². The second-order valence-electron chi connectivity index (χ2n) is 6.84. The Kier molecular flexibility index (Phi) is 5.23. The van der Waals surface area contributed by atoms with Crippen LogP contribution in [0.2, 0.25) is 0 Å². The quantitative estimate of drug-likeness (QED) is 0.769. The summed E-state index contributed by atoms with van der Waals surface area (Å²) in [5, 5.41) is 16.0. The van der Waals surface area contributed by atoms with Crippen molar-refractivity contribution in [3.63, 3.8) is 0 Å². The van der Waals surface area contributed by atoms with E-state index in [2.05, 4.69) is 35.5 Å². The summed E-state index contributed by atoms with van der Waals surface area (Å²) in [6.07, 6.45) is 4.27. The van der Waals surface area contributed by atoms with E-state index in [1.807, 2.05) is 0 Å². The largest absolute Gasteiger partial charge is 0.359 e. The van der Waals surface area contributed by atoms with Crippen molar-refractivity contribution in [1.29, 1.82) is 5.26 Å². The Balaban J connectivity index is 2.03. The van der Waals surface area contributed by atoms with Crippen LogP contribution < -0.4 is 10.6 Å². The smallest absolute Gasteiger partial charge is 0.224 e. The van der Waals surface area contributed by atoms with Gasteiger partial charge in [-0.1, -0.05) is 0 Å². The molecule has 1 aliphatic carbocycles. The lowest BCUT2D eigenvalue weighted by atomic mass is 9.90. The lowest BCUT2D eigenvalue weighted by Crippen LogP contribution is -2.58. The number of likely N-dealkylation sites (tertiary alicyclic amines) is 1. The zero-order valence-electron chi connectivity index (χ0n) is 13.5. The second kappa shape index (κ2) is 6.76. The molecule has 0 aromatic heterocycles. The number of rotatable bonds is 6. The maximum absolute atomic E-state index is 11.9. The molecule has 0 aromatic carbocycles. The first-order valence-electron chi connectivity index (χ1n) is 8.13. The molecular formula is C16H28N4O. The Labute approximate surface area is 128 Å². The highest BCUT2D eigenvalue weighted by Gasteiger charge is 2.47. The van der Waals surface area contributed by atoms with Crippen LogP contribution in [0.25, 0.3) is 0 Å². The van der Waals surface area contributed by atoms with E-state index in [0.29, 0.717) is 12.0 Å². The number of nitrogens with one attached hydrogen (secondary N) is 2. The van der Waals surface area contributed by atoms with Crippen molar-refractivity contribution in [3.05, 3.63) is 0 Å². The van der Waals surface area contributed by atoms with Crippen LogP contribution in [-0.4, -0.2) is 49.1 Å². The van der Waals surface area contributed by atoms with Crippen molar-refractivity contribution in [2.75, 3.05) is 26.7 Å². The van der Waals surface area contributed by atoms with Crippen LogP contribution in [0, 0.1) is 23.2 Å². The fourth-order valence-electron chi connectivity index (χ4n) is 3.51. The van der Waals surface area contributed by atoms with Gasteiger partial charge in [-0.2, -0.15) is 5.26 Å². The third-order valence-corrected chi connectivity index (χ3v) is 4.62. The van der Waals surface area contributed by atoms with E-state index in [9.17, 15) is 10.1 Å². The lowest BCUT2D eigenvalue weighted by molar-refractivity contribution is -0.126. The van der Waals surface area contributed by atoms with Gasteiger partial charge in [0.1, 0.15) is 5.54 Å². The van der Waals surface area contributed by atoms with Crippen molar-refractivity contribution in [2.45, 2.75) is 51.1 Å². The minimum Gasteiger partial charge on any atom is -0.359 e. The van der Waals surface area contributed by atoms with Crippen molar-refractivity contribution >= 4 is 5.91 Å². The third-order valence-electron chi connectivity index (χ3n) is 4.62. The van der Waals surface area contributed by atoms with Crippen molar-refractivity contribution in [1.82, 2.24) is 15.5 Å². The first-order valence-corrected chi connectivity index (χ1v) is 8.13. The standard InChI is InChI=1S/C16H28N4O/c1-12(2)19-16(10-17,14-6-7-14)11-20-8-4-5-13(9-20)15(21)18-3/h12-14,19H,4-9,11H2,1-3H3,(H,18,21). The molecule has 0 spiro atoms. The van der Waals surface area contributed by atoms with E-state index >= 15 is 0 Å². The first-order chi connectivity index (χ1) is 10.0. The Morgan fingerprint density at radius 3 is 2.67 bits per heavy atom. The van der Waals surface area contributed by atoms with Crippen LogP contribution in [0.4, 0.5) is 0 Å². The van der Waals surface area contributed by atoms with Crippen molar-refractivity contribution < 1.29 is 4.79 Å². The lowest BCUT2D eigenvalue weighted by Gasteiger charge is -2.39. The van der Waals surface area contributed by atoms with Gasteiger partial charge in [0.05, 0.1) is 12.0 Å². The number of nitriles is 1. The number of carbonyl (C=O) groups is 1. The van der Waals surface area contributed by atoms with Gasteiger partial charge < -0.3 is 5.32 Å². The topological polar surface area (TPSA) is 68.2 Å². The molecular weight excluding hydrogens is 264 g/mol. The van der Waals surface area contributed by atoms with Crippen LogP contribution in [0.3, 0.4) is 0 Å². The summed E-state index contributed by atoms with van der Waals surface area (Å²) < 4.78 is 0. The zero-order valence-corrected chi connectivity index (χ0v) is 13.5. The number of nitrogens with zero attached hydrogens (tertiary/aromatic N) is 2. The van der Waals surface area contributed by atoms with Gasteiger partial charge in [-0.15, -0.1) is 0 Å². The van der Waals surface area contributed by atoms with Crippen LogP contribution in [0.5, 0.6) is 0 Å². The third kappa shape index (κ3) is 3.96.